The minimum atomic E-state index is -0.528. The number of rotatable bonds is 4. The highest BCUT2D eigenvalue weighted by Gasteiger charge is 2.28. The SMILES string of the molecule is CC(C)(C)C(=O)Nc1cccc(NC(=O)c2nn(-c3ccccc3F)c3c2CCC3)c1. The molecule has 2 aromatic carbocycles. The molecule has 0 fully saturated rings. The second-order valence-electron chi connectivity index (χ2n) is 8.73. The summed E-state index contributed by atoms with van der Waals surface area (Å²) in [6.45, 7) is 5.50. The molecule has 0 unspecified atom stereocenters. The molecule has 1 aliphatic rings. The van der Waals surface area contributed by atoms with Gasteiger partial charge in [-0.15, -0.1) is 0 Å². The lowest BCUT2D eigenvalue weighted by molar-refractivity contribution is -0.123. The van der Waals surface area contributed by atoms with E-state index in [1.54, 1.807) is 47.1 Å². The van der Waals surface area contributed by atoms with Gasteiger partial charge in [0.15, 0.2) is 5.69 Å². The molecule has 160 valence electrons. The van der Waals surface area contributed by atoms with Crippen molar-refractivity contribution in [2.24, 2.45) is 5.41 Å². The Labute approximate surface area is 180 Å². The van der Waals surface area contributed by atoms with E-state index in [4.69, 9.17) is 0 Å². The quantitative estimate of drug-likeness (QED) is 0.640. The third-order valence-corrected chi connectivity index (χ3v) is 5.29. The molecule has 1 heterocycles. The molecule has 3 aromatic rings. The van der Waals surface area contributed by atoms with Gasteiger partial charge in [-0.25, -0.2) is 9.07 Å². The van der Waals surface area contributed by atoms with Crippen LogP contribution >= 0.6 is 0 Å². The molecule has 0 atom stereocenters. The molecular formula is C24H25FN4O2. The highest BCUT2D eigenvalue weighted by molar-refractivity contribution is 6.04. The molecule has 1 aliphatic carbocycles. The fourth-order valence-corrected chi connectivity index (χ4v) is 3.63. The third-order valence-electron chi connectivity index (χ3n) is 5.29. The maximum absolute atomic E-state index is 14.3. The first kappa shape index (κ1) is 20.8. The fourth-order valence-electron chi connectivity index (χ4n) is 3.63. The third kappa shape index (κ3) is 4.21. The van der Waals surface area contributed by atoms with E-state index in [1.165, 1.54) is 6.07 Å². The van der Waals surface area contributed by atoms with Crippen LogP contribution in [-0.2, 0) is 17.6 Å². The Morgan fingerprint density at radius 3 is 2.42 bits per heavy atom. The zero-order valence-corrected chi connectivity index (χ0v) is 17.8. The van der Waals surface area contributed by atoms with Crippen LogP contribution in [0.15, 0.2) is 48.5 Å². The molecule has 1 aromatic heterocycles. The summed E-state index contributed by atoms with van der Waals surface area (Å²) in [6.07, 6.45) is 2.38. The molecular weight excluding hydrogens is 395 g/mol. The van der Waals surface area contributed by atoms with Crippen LogP contribution in [0.25, 0.3) is 5.69 Å². The number of hydrogen-bond donors (Lipinski definition) is 2. The lowest BCUT2D eigenvalue weighted by Crippen LogP contribution is -2.27. The van der Waals surface area contributed by atoms with Gasteiger partial charge in [0.25, 0.3) is 5.91 Å². The van der Waals surface area contributed by atoms with Gasteiger partial charge in [-0.3, -0.25) is 9.59 Å². The van der Waals surface area contributed by atoms with Gasteiger partial charge in [-0.1, -0.05) is 39.0 Å². The van der Waals surface area contributed by atoms with E-state index in [2.05, 4.69) is 15.7 Å². The van der Waals surface area contributed by atoms with Crippen molar-refractivity contribution in [3.63, 3.8) is 0 Å². The van der Waals surface area contributed by atoms with E-state index in [9.17, 15) is 14.0 Å². The Balaban J connectivity index is 1.59. The molecule has 0 spiro atoms. The Kier molecular flexibility index (Phi) is 5.35. The standard InChI is InChI=1S/C24H25FN4O2/c1-24(2,3)23(31)27-16-9-6-8-15(14-16)26-22(30)21-17-10-7-13-19(17)29(28-21)20-12-5-4-11-18(20)25/h4-6,8-9,11-12,14H,7,10,13H2,1-3H3,(H,26,30)(H,27,31). The molecule has 0 bridgehead atoms. The van der Waals surface area contributed by atoms with Gasteiger partial charge < -0.3 is 10.6 Å². The molecule has 4 rings (SSSR count). The Morgan fingerprint density at radius 2 is 1.71 bits per heavy atom. The first-order chi connectivity index (χ1) is 14.7. The molecule has 2 N–H and O–H groups in total. The Morgan fingerprint density at radius 1 is 1.00 bits per heavy atom. The average molecular weight is 420 g/mol. The lowest BCUT2D eigenvalue weighted by Gasteiger charge is -2.18. The van der Waals surface area contributed by atoms with Crippen molar-refractivity contribution in [3.8, 4) is 5.69 Å². The number of nitrogens with one attached hydrogen (secondary N) is 2. The van der Waals surface area contributed by atoms with Crippen LogP contribution in [0.1, 0.15) is 48.9 Å². The lowest BCUT2D eigenvalue weighted by atomic mass is 9.95. The van der Waals surface area contributed by atoms with Crippen LogP contribution in [0.5, 0.6) is 0 Å². The number of nitrogens with zero attached hydrogens (tertiary/aromatic N) is 2. The fraction of sp³-hybridized carbons (Fsp3) is 0.292. The molecule has 2 amide bonds. The number of amides is 2. The van der Waals surface area contributed by atoms with Gasteiger partial charge in [0.2, 0.25) is 5.91 Å². The van der Waals surface area contributed by atoms with Crippen LogP contribution < -0.4 is 10.6 Å². The number of anilines is 2. The minimum Gasteiger partial charge on any atom is -0.326 e. The van der Waals surface area contributed by atoms with E-state index in [1.807, 2.05) is 20.8 Å². The minimum absolute atomic E-state index is 0.113. The molecule has 6 nitrogen and oxygen atoms in total. The zero-order valence-electron chi connectivity index (χ0n) is 17.8. The van der Waals surface area contributed by atoms with E-state index >= 15 is 0 Å². The van der Waals surface area contributed by atoms with Crippen molar-refractivity contribution in [1.29, 1.82) is 0 Å². The van der Waals surface area contributed by atoms with Crippen LogP contribution in [0.2, 0.25) is 0 Å². The number of hydrogen-bond acceptors (Lipinski definition) is 3. The van der Waals surface area contributed by atoms with Gasteiger partial charge in [0, 0.05) is 28.0 Å². The highest BCUT2D eigenvalue weighted by Crippen LogP contribution is 2.29. The second kappa shape index (κ2) is 7.98. The largest absolute Gasteiger partial charge is 0.326 e. The van der Waals surface area contributed by atoms with Crippen molar-refractivity contribution in [2.45, 2.75) is 40.0 Å². The first-order valence-electron chi connectivity index (χ1n) is 10.3. The zero-order chi connectivity index (χ0) is 22.2. The van der Waals surface area contributed by atoms with Crippen LogP contribution in [0.3, 0.4) is 0 Å². The summed E-state index contributed by atoms with van der Waals surface area (Å²) >= 11 is 0. The van der Waals surface area contributed by atoms with Crippen molar-refractivity contribution in [1.82, 2.24) is 9.78 Å². The predicted molar refractivity (Wildman–Crippen MR) is 118 cm³/mol. The van der Waals surface area contributed by atoms with Gasteiger partial charge >= 0.3 is 0 Å². The van der Waals surface area contributed by atoms with Crippen molar-refractivity contribution < 1.29 is 14.0 Å². The molecule has 0 saturated carbocycles. The summed E-state index contributed by atoms with van der Waals surface area (Å²) in [6, 6.07) is 13.4. The molecule has 31 heavy (non-hydrogen) atoms. The number of benzene rings is 2. The number of fused-ring (bicyclic) bond motifs is 1. The number of carbonyl (C=O) groups excluding carboxylic acids is 2. The van der Waals surface area contributed by atoms with Crippen molar-refractivity contribution >= 4 is 23.2 Å². The van der Waals surface area contributed by atoms with E-state index in [-0.39, 0.29) is 17.6 Å². The van der Waals surface area contributed by atoms with Gasteiger partial charge in [0.05, 0.1) is 0 Å². The molecule has 0 saturated heterocycles. The van der Waals surface area contributed by atoms with E-state index in [0.29, 0.717) is 22.8 Å². The summed E-state index contributed by atoms with van der Waals surface area (Å²) < 4.78 is 15.9. The predicted octanol–water partition coefficient (Wildman–Crippen LogP) is 4.74. The summed E-state index contributed by atoms with van der Waals surface area (Å²) in [5.41, 5.74) is 2.99. The monoisotopic (exact) mass is 420 g/mol. The van der Waals surface area contributed by atoms with Crippen LogP contribution in [0.4, 0.5) is 15.8 Å². The smallest absolute Gasteiger partial charge is 0.276 e. The van der Waals surface area contributed by atoms with E-state index < -0.39 is 5.41 Å². The van der Waals surface area contributed by atoms with Gasteiger partial charge in [-0.2, -0.15) is 5.10 Å². The normalized spacial score (nSPS) is 13.0. The number of carbonyl (C=O) groups is 2. The summed E-state index contributed by atoms with van der Waals surface area (Å²) in [5, 5.41) is 10.2. The maximum Gasteiger partial charge on any atom is 0.276 e. The summed E-state index contributed by atoms with van der Waals surface area (Å²) in [4.78, 5) is 25.3. The van der Waals surface area contributed by atoms with Crippen molar-refractivity contribution in [3.05, 3.63) is 71.3 Å². The topological polar surface area (TPSA) is 76.0 Å². The Bertz CT molecular complexity index is 1160. The number of aromatic nitrogens is 2. The molecule has 0 radical (unpaired) electrons. The Hall–Kier alpha value is -3.48. The summed E-state index contributed by atoms with van der Waals surface area (Å²) in [7, 11) is 0. The van der Waals surface area contributed by atoms with Crippen LogP contribution in [0, 0.1) is 11.2 Å². The van der Waals surface area contributed by atoms with Gasteiger partial charge in [-0.05, 0) is 49.6 Å². The molecule has 0 aliphatic heterocycles. The van der Waals surface area contributed by atoms with Crippen molar-refractivity contribution in [2.75, 3.05) is 10.6 Å². The number of para-hydroxylation sites is 1. The van der Waals surface area contributed by atoms with Crippen LogP contribution in [-0.4, -0.2) is 21.6 Å². The molecule has 7 heteroatoms. The highest BCUT2D eigenvalue weighted by atomic mass is 19.1. The number of halogens is 1. The average Bonchev–Trinajstić information content (AvgIpc) is 3.31. The summed E-state index contributed by atoms with van der Waals surface area (Å²) in [5.74, 6) is -0.848. The maximum atomic E-state index is 14.3. The van der Waals surface area contributed by atoms with E-state index in [0.717, 1.165) is 30.5 Å². The second-order valence-corrected chi connectivity index (χ2v) is 8.73. The first-order valence-corrected chi connectivity index (χ1v) is 10.3. The van der Waals surface area contributed by atoms with Gasteiger partial charge in [0.1, 0.15) is 11.5 Å².